The van der Waals surface area contributed by atoms with E-state index in [1.807, 2.05) is 30.3 Å². The molecular formula is C14H17F2NO3. The van der Waals surface area contributed by atoms with Crippen molar-refractivity contribution in [2.45, 2.75) is 31.7 Å². The summed E-state index contributed by atoms with van der Waals surface area (Å²) in [6, 6.07) is 9.86. The summed E-state index contributed by atoms with van der Waals surface area (Å²) in [4.78, 5) is 11.2. The molecule has 1 saturated heterocycles. The van der Waals surface area contributed by atoms with Gasteiger partial charge in [-0.05, 0) is 18.4 Å². The van der Waals surface area contributed by atoms with Gasteiger partial charge < -0.3 is 14.8 Å². The van der Waals surface area contributed by atoms with Gasteiger partial charge in [0.2, 0.25) is 5.91 Å². The first kappa shape index (κ1) is 14.9. The molecule has 6 heteroatoms. The summed E-state index contributed by atoms with van der Waals surface area (Å²) >= 11 is 0. The summed E-state index contributed by atoms with van der Waals surface area (Å²) in [6.45, 7) is -3.24. The van der Waals surface area contributed by atoms with Gasteiger partial charge in [-0.2, -0.15) is 8.78 Å². The SMILES string of the molecule is O=C(COC(F)F)NC[C@H]1CC[C@@H](c2ccccc2)O1. The quantitative estimate of drug-likeness (QED) is 0.872. The van der Waals surface area contributed by atoms with Crippen molar-refractivity contribution in [3.8, 4) is 0 Å². The number of rotatable bonds is 6. The maximum absolute atomic E-state index is 11.7. The summed E-state index contributed by atoms with van der Waals surface area (Å²) in [7, 11) is 0. The van der Waals surface area contributed by atoms with Gasteiger partial charge in [0.15, 0.2) is 0 Å². The van der Waals surface area contributed by atoms with E-state index in [9.17, 15) is 13.6 Å². The molecule has 1 N–H and O–H groups in total. The minimum atomic E-state index is -2.93. The molecule has 1 aromatic carbocycles. The Bertz CT molecular complexity index is 428. The number of amides is 1. The fraction of sp³-hybridized carbons (Fsp3) is 0.500. The number of halogens is 2. The fourth-order valence-electron chi connectivity index (χ4n) is 2.19. The average Bonchev–Trinajstić information content (AvgIpc) is 2.93. The average molecular weight is 285 g/mol. The third-order valence-corrected chi connectivity index (χ3v) is 3.15. The van der Waals surface area contributed by atoms with E-state index in [1.54, 1.807) is 0 Å². The molecule has 1 aliphatic heterocycles. The molecule has 1 heterocycles. The molecule has 1 aromatic rings. The van der Waals surface area contributed by atoms with Gasteiger partial charge in [-0.1, -0.05) is 30.3 Å². The lowest BCUT2D eigenvalue weighted by atomic mass is 10.1. The van der Waals surface area contributed by atoms with Gasteiger partial charge >= 0.3 is 6.61 Å². The summed E-state index contributed by atoms with van der Waals surface area (Å²) < 4.78 is 33.2. The van der Waals surface area contributed by atoms with E-state index in [-0.39, 0.29) is 12.2 Å². The normalized spacial score (nSPS) is 22.1. The van der Waals surface area contributed by atoms with Gasteiger partial charge in [0.1, 0.15) is 6.61 Å². The molecular weight excluding hydrogens is 268 g/mol. The van der Waals surface area contributed by atoms with Crippen LogP contribution in [-0.2, 0) is 14.3 Å². The fourth-order valence-corrected chi connectivity index (χ4v) is 2.19. The highest BCUT2D eigenvalue weighted by atomic mass is 19.3. The van der Waals surface area contributed by atoms with Crippen molar-refractivity contribution in [1.82, 2.24) is 5.32 Å². The first-order valence-corrected chi connectivity index (χ1v) is 6.52. The lowest BCUT2D eigenvalue weighted by Gasteiger charge is -2.14. The van der Waals surface area contributed by atoms with Crippen molar-refractivity contribution in [3.63, 3.8) is 0 Å². The molecule has 1 amide bonds. The predicted octanol–water partition coefficient (Wildman–Crippen LogP) is 2.26. The second-order valence-corrected chi connectivity index (χ2v) is 4.61. The molecule has 0 aromatic heterocycles. The van der Waals surface area contributed by atoms with Crippen molar-refractivity contribution in [2.75, 3.05) is 13.2 Å². The summed E-state index contributed by atoms with van der Waals surface area (Å²) in [5, 5.41) is 2.53. The molecule has 1 fully saturated rings. The van der Waals surface area contributed by atoms with E-state index < -0.39 is 19.1 Å². The Morgan fingerprint density at radius 1 is 1.35 bits per heavy atom. The van der Waals surface area contributed by atoms with E-state index in [0.717, 1.165) is 18.4 Å². The van der Waals surface area contributed by atoms with Crippen LogP contribution < -0.4 is 5.32 Å². The van der Waals surface area contributed by atoms with E-state index in [1.165, 1.54) is 0 Å². The lowest BCUT2D eigenvalue weighted by Crippen LogP contribution is -2.34. The van der Waals surface area contributed by atoms with Gasteiger partial charge in [0.05, 0.1) is 12.2 Å². The summed E-state index contributed by atoms with van der Waals surface area (Å²) in [5.41, 5.74) is 1.11. The second kappa shape index (κ2) is 7.31. The molecule has 0 radical (unpaired) electrons. The Morgan fingerprint density at radius 3 is 2.80 bits per heavy atom. The predicted molar refractivity (Wildman–Crippen MR) is 68.3 cm³/mol. The van der Waals surface area contributed by atoms with Crippen LogP contribution in [0, 0.1) is 0 Å². The van der Waals surface area contributed by atoms with Gasteiger partial charge in [-0.3, -0.25) is 4.79 Å². The Balaban J connectivity index is 1.70. The highest BCUT2D eigenvalue weighted by Gasteiger charge is 2.26. The minimum Gasteiger partial charge on any atom is -0.368 e. The first-order chi connectivity index (χ1) is 9.65. The van der Waals surface area contributed by atoms with Crippen LogP contribution in [0.5, 0.6) is 0 Å². The monoisotopic (exact) mass is 285 g/mol. The highest BCUT2D eigenvalue weighted by Crippen LogP contribution is 2.32. The van der Waals surface area contributed by atoms with E-state index in [2.05, 4.69) is 10.1 Å². The molecule has 0 unspecified atom stereocenters. The topological polar surface area (TPSA) is 47.6 Å². The van der Waals surface area contributed by atoms with Gasteiger partial charge in [-0.15, -0.1) is 0 Å². The zero-order valence-corrected chi connectivity index (χ0v) is 10.9. The Hall–Kier alpha value is -1.53. The maximum atomic E-state index is 11.7. The summed E-state index contributed by atoms with van der Waals surface area (Å²) in [6.07, 6.45) is 1.67. The molecule has 2 atom stereocenters. The molecule has 0 bridgehead atoms. The zero-order chi connectivity index (χ0) is 14.4. The van der Waals surface area contributed by atoms with Crippen LogP contribution in [-0.4, -0.2) is 31.8 Å². The van der Waals surface area contributed by atoms with Crippen LogP contribution in [0.2, 0.25) is 0 Å². The van der Waals surface area contributed by atoms with Crippen molar-refractivity contribution >= 4 is 5.91 Å². The van der Waals surface area contributed by atoms with Crippen LogP contribution >= 0.6 is 0 Å². The number of benzene rings is 1. The molecule has 4 nitrogen and oxygen atoms in total. The van der Waals surface area contributed by atoms with Crippen LogP contribution in [0.4, 0.5) is 8.78 Å². The van der Waals surface area contributed by atoms with E-state index in [4.69, 9.17) is 4.74 Å². The second-order valence-electron chi connectivity index (χ2n) is 4.61. The molecule has 20 heavy (non-hydrogen) atoms. The summed E-state index contributed by atoms with van der Waals surface area (Å²) in [5.74, 6) is -0.558. The minimum absolute atomic E-state index is 0.0374. The molecule has 0 spiro atoms. The number of carbonyl (C=O) groups is 1. The molecule has 1 aliphatic rings. The van der Waals surface area contributed by atoms with Crippen molar-refractivity contribution in [2.24, 2.45) is 0 Å². The van der Waals surface area contributed by atoms with E-state index >= 15 is 0 Å². The lowest BCUT2D eigenvalue weighted by molar-refractivity contribution is -0.152. The molecule has 110 valence electrons. The zero-order valence-electron chi connectivity index (χ0n) is 10.9. The van der Waals surface area contributed by atoms with Crippen LogP contribution in [0.3, 0.4) is 0 Å². The van der Waals surface area contributed by atoms with Crippen molar-refractivity contribution in [1.29, 1.82) is 0 Å². The Kier molecular flexibility index (Phi) is 5.43. The highest BCUT2D eigenvalue weighted by molar-refractivity contribution is 5.77. The largest absolute Gasteiger partial charge is 0.368 e. The van der Waals surface area contributed by atoms with Crippen LogP contribution in [0.25, 0.3) is 0 Å². The number of carbonyl (C=O) groups excluding carboxylic acids is 1. The smallest absolute Gasteiger partial charge is 0.345 e. The van der Waals surface area contributed by atoms with Crippen molar-refractivity contribution in [3.05, 3.63) is 35.9 Å². The van der Waals surface area contributed by atoms with Crippen LogP contribution in [0.15, 0.2) is 30.3 Å². The number of hydrogen-bond donors (Lipinski definition) is 1. The van der Waals surface area contributed by atoms with E-state index in [0.29, 0.717) is 6.54 Å². The first-order valence-electron chi connectivity index (χ1n) is 6.52. The van der Waals surface area contributed by atoms with Crippen LogP contribution in [0.1, 0.15) is 24.5 Å². The van der Waals surface area contributed by atoms with Crippen molar-refractivity contribution < 1.29 is 23.0 Å². The number of alkyl halides is 2. The Labute approximate surface area is 116 Å². The molecule has 2 rings (SSSR count). The van der Waals surface area contributed by atoms with Gasteiger partial charge in [0, 0.05) is 6.54 Å². The standard InChI is InChI=1S/C14H17F2NO3/c15-14(16)19-9-13(18)17-8-11-6-7-12(20-11)10-4-2-1-3-5-10/h1-5,11-12,14H,6-9H2,(H,17,18)/t11-,12+/m1/s1. The van der Waals surface area contributed by atoms with Gasteiger partial charge in [-0.25, -0.2) is 0 Å². The molecule has 0 saturated carbocycles. The third-order valence-electron chi connectivity index (χ3n) is 3.15. The number of ether oxygens (including phenoxy) is 2. The number of hydrogen-bond acceptors (Lipinski definition) is 3. The Morgan fingerprint density at radius 2 is 2.10 bits per heavy atom. The maximum Gasteiger partial charge on any atom is 0.345 e. The number of nitrogens with one attached hydrogen (secondary N) is 1. The third kappa shape index (κ3) is 4.54. The molecule has 0 aliphatic carbocycles. The van der Waals surface area contributed by atoms with Gasteiger partial charge in [0.25, 0.3) is 0 Å².